The first kappa shape index (κ1) is 12.3. The van der Waals surface area contributed by atoms with E-state index in [2.05, 4.69) is 25.2 Å². The molecular weight excluding hydrogens is 210 g/mol. The third-order valence-electron chi connectivity index (χ3n) is 2.21. The lowest BCUT2D eigenvalue weighted by Gasteiger charge is -2.14. The number of anilines is 1. The van der Waals surface area contributed by atoms with Crippen LogP contribution in [0.2, 0.25) is 5.02 Å². The Bertz CT molecular complexity index is 314. The second kappa shape index (κ2) is 5.99. The van der Waals surface area contributed by atoms with Gasteiger partial charge in [-0.2, -0.15) is 0 Å². The lowest BCUT2D eigenvalue weighted by molar-refractivity contribution is 0.164. The fourth-order valence-electron chi connectivity index (χ4n) is 1.40. The minimum Gasteiger partial charge on any atom is -0.384 e. The number of ether oxygens (including phenoxy) is 1. The van der Waals surface area contributed by atoms with Crippen molar-refractivity contribution in [3.8, 4) is 0 Å². The molecule has 0 aromatic heterocycles. The molecule has 0 bridgehead atoms. The summed E-state index contributed by atoms with van der Waals surface area (Å²) in [6.45, 7) is 5.83. The molecule has 0 aliphatic carbocycles. The van der Waals surface area contributed by atoms with Gasteiger partial charge in [0.2, 0.25) is 0 Å². The van der Waals surface area contributed by atoms with Crippen LogP contribution in [0.25, 0.3) is 0 Å². The minimum absolute atomic E-state index is 0.478. The van der Waals surface area contributed by atoms with Gasteiger partial charge >= 0.3 is 0 Å². The van der Waals surface area contributed by atoms with E-state index in [9.17, 15) is 0 Å². The summed E-state index contributed by atoms with van der Waals surface area (Å²) in [4.78, 5) is 0. The molecule has 1 rings (SSSR count). The van der Waals surface area contributed by atoms with Crippen LogP contribution < -0.4 is 5.32 Å². The van der Waals surface area contributed by atoms with Crippen LogP contribution >= 0.6 is 11.6 Å². The zero-order valence-corrected chi connectivity index (χ0v) is 10.3. The maximum absolute atomic E-state index is 6.06. The van der Waals surface area contributed by atoms with Gasteiger partial charge < -0.3 is 10.1 Å². The zero-order chi connectivity index (χ0) is 11.3. The van der Waals surface area contributed by atoms with Crippen molar-refractivity contribution in [3.05, 3.63) is 28.8 Å². The molecule has 0 saturated heterocycles. The summed E-state index contributed by atoms with van der Waals surface area (Å²) < 4.78 is 5.07. The van der Waals surface area contributed by atoms with E-state index in [4.69, 9.17) is 16.3 Å². The van der Waals surface area contributed by atoms with Crippen molar-refractivity contribution in [1.82, 2.24) is 0 Å². The van der Waals surface area contributed by atoms with Gasteiger partial charge in [0.15, 0.2) is 0 Å². The minimum atomic E-state index is 0.478. The second-order valence-electron chi connectivity index (χ2n) is 3.92. The molecule has 1 aromatic rings. The highest BCUT2D eigenvalue weighted by molar-refractivity contribution is 6.33. The van der Waals surface area contributed by atoms with Crippen LogP contribution in [0.1, 0.15) is 12.5 Å². The summed E-state index contributed by atoms with van der Waals surface area (Å²) in [5.74, 6) is 0.478. The lowest BCUT2D eigenvalue weighted by atomic mass is 10.2. The van der Waals surface area contributed by atoms with Gasteiger partial charge in [-0.1, -0.05) is 24.6 Å². The van der Waals surface area contributed by atoms with Gasteiger partial charge in [0.1, 0.15) is 0 Å². The molecule has 1 N–H and O–H groups in total. The van der Waals surface area contributed by atoms with Gasteiger partial charge in [0.25, 0.3) is 0 Å². The molecule has 0 saturated carbocycles. The first-order valence-corrected chi connectivity index (χ1v) is 5.50. The first-order chi connectivity index (χ1) is 7.13. The van der Waals surface area contributed by atoms with Crippen LogP contribution in [-0.4, -0.2) is 20.3 Å². The molecule has 1 unspecified atom stereocenters. The number of hydrogen-bond acceptors (Lipinski definition) is 2. The van der Waals surface area contributed by atoms with Gasteiger partial charge in [0, 0.05) is 13.7 Å². The number of methoxy groups -OCH3 is 1. The summed E-state index contributed by atoms with van der Waals surface area (Å²) in [6, 6.07) is 5.98. The predicted molar refractivity (Wildman–Crippen MR) is 65.7 cm³/mol. The van der Waals surface area contributed by atoms with Crippen molar-refractivity contribution in [2.75, 3.05) is 25.6 Å². The molecule has 2 nitrogen and oxygen atoms in total. The Balaban J connectivity index is 2.53. The van der Waals surface area contributed by atoms with Crippen LogP contribution in [-0.2, 0) is 4.74 Å². The SMILES string of the molecule is COCC(C)CNc1cc(C)ccc1Cl. The Morgan fingerprint density at radius 2 is 2.20 bits per heavy atom. The Labute approximate surface area is 96.6 Å². The number of rotatable bonds is 5. The van der Waals surface area contributed by atoms with Crippen molar-refractivity contribution in [1.29, 1.82) is 0 Å². The van der Waals surface area contributed by atoms with E-state index in [1.807, 2.05) is 12.1 Å². The van der Waals surface area contributed by atoms with Crippen LogP contribution in [0.4, 0.5) is 5.69 Å². The van der Waals surface area contributed by atoms with Crippen LogP contribution in [0, 0.1) is 12.8 Å². The highest BCUT2D eigenvalue weighted by atomic mass is 35.5. The van der Waals surface area contributed by atoms with Crippen molar-refractivity contribution in [2.45, 2.75) is 13.8 Å². The van der Waals surface area contributed by atoms with Crippen molar-refractivity contribution < 1.29 is 4.74 Å². The van der Waals surface area contributed by atoms with E-state index < -0.39 is 0 Å². The zero-order valence-electron chi connectivity index (χ0n) is 9.51. The summed E-state index contributed by atoms with van der Waals surface area (Å²) in [5, 5.41) is 4.10. The number of hydrogen-bond donors (Lipinski definition) is 1. The molecule has 1 aromatic carbocycles. The van der Waals surface area contributed by atoms with E-state index >= 15 is 0 Å². The lowest BCUT2D eigenvalue weighted by Crippen LogP contribution is -2.15. The van der Waals surface area contributed by atoms with E-state index in [1.54, 1.807) is 7.11 Å². The highest BCUT2D eigenvalue weighted by Crippen LogP contribution is 2.22. The summed E-state index contributed by atoms with van der Waals surface area (Å²) in [7, 11) is 1.72. The van der Waals surface area contributed by atoms with Crippen LogP contribution in [0.3, 0.4) is 0 Å². The normalized spacial score (nSPS) is 12.5. The van der Waals surface area contributed by atoms with Gasteiger partial charge in [-0.25, -0.2) is 0 Å². The monoisotopic (exact) mass is 227 g/mol. The van der Waals surface area contributed by atoms with E-state index in [-0.39, 0.29) is 0 Å². The molecule has 3 heteroatoms. The fraction of sp³-hybridized carbons (Fsp3) is 0.500. The number of nitrogens with one attached hydrogen (secondary N) is 1. The van der Waals surface area contributed by atoms with Gasteiger partial charge in [-0.3, -0.25) is 0 Å². The quantitative estimate of drug-likeness (QED) is 0.833. The highest BCUT2D eigenvalue weighted by Gasteiger charge is 2.03. The molecule has 0 radical (unpaired) electrons. The first-order valence-electron chi connectivity index (χ1n) is 5.12. The summed E-state index contributed by atoms with van der Waals surface area (Å²) >= 11 is 6.06. The Morgan fingerprint density at radius 1 is 1.47 bits per heavy atom. The molecule has 1 atom stereocenters. The molecule has 0 aliphatic rings. The smallest absolute Gasteiger partial charge is 0.0637 e. The third kappa shape index (κ3) is 4.10. The van der Waals surface area contributed by atoms with E-state index in [0.717, 1.165) is 23.9 Å². The van der Waals surface area contributed by atoms with Crippen molar-refractivity contribution >= 4 is 17.3 Å². The molecule has 0 fully saturated rings. The average Bonchev–Trinajstić information content (AvgIpc) is 2.20. The summed E-state index contributed by atoms with van der Waals surface area (Å²) in [6.07, 6.45) is 0. The largest absolute Gasteiger partial charge is 0.384 e. The average molecular weight is 228 g/mol. The number of halogens is 1. The number of aryl methyl sites for hydroxylation is 1. The maximum atomic E-state index is 6.06. The van der Waals surface area contributed by atoms with Crippen molar-refractivity contribution in [2.24, 2.45) is 5.92 Å². The number of benzene rings is 1. The molecule has 0 aliphatic heterocycles. The van der Waals surface area contributed by atoms with Gasteiger partial charge in [-0.15, -0.1) is 0 Å². The molecule has 0 amide bonds. The summed E-state index contributed by atoms with van der Waals surface area (Å²) in [5.41, 5.74) is 2.21. The van der Waals surface area contributed by atoms with Crippen molar-refractivity contribution in [3.63, 3.8) is 0 Å². The Morgan fingerprint density at radius 3 is 2.87 bits per heavy atom. The Kier molecular flexibility index (Phi) is 4.92. The van der Waals surface area contributed by atoms with E-state index in [1.165, 1.54) is 5.56 Å². The van der Waals surface area contributed by atoms with Crippen LogP contribution in [0.5, 0.6) is 0 Å². The molecule has 84 valence electrons. The molecule has 15 heavy (non-hydrogen) atoms. The van der Waals surface area contributed by atoms with Crippen LogP contribution in [0.15, 0.2) is 18.2 Å². The molecular formula is C12H18ClNO. The standard InChI is InChI=1S/C12H18ClNO/c1-9-4-5-11(13)12(6-9)14-7-10(2)8-15-3/h4-6,10,14H,7-8H2,1-3H3. The fourth-order valence-corrected chi connectivity index (χ4v) is 1.59. The van der Waals surface area contributed by atoms with Gasteiger partial charge in [-0.05, 0) is 30.5 Å². The Hall–Kier alpha value is -0.730. The van der Waals surface area contributed by atoms with Gasteiger partial charge in [0.05, 0.1) is 17.3 Å². The second-order valence-corrected chi connectivity index (χ2v) is 4.33. The third-order valence-corrected chi connectivity index (χ3v) is 2.54. The molecule has 0 heterocycles. The topological polar surface area (TPSA) is 21.3 Å². The van der Waals surface area contributed by atoms with E-state index in [0.29, 0.717) is 5.92 Å². The molecule has 0 spiro atoms. The predicted octanol–water partition coefficient (Wildman–Crippen LogP) is 3.34. The maximum Gasteiger partial charge on any atom is 0.0637 e.